The number of aliphatic imine (C=N–C) groups is 1. The molecule has 1 aliphatic heterocycles. The molecule has 0 saturated carbocycles. The lowest BCUT2D eigenvalue weighted by molar-refractivity contribution is -0.130. The van der Waals surface area contributed by atoms with Gasteiger partial charge in [-0.15, -0.1) is 0 Å². The van der Waals surface area contributed by atoms with Gasteiger partial charge >= 0.3 is 0 Å². The van der Waals surface area contributed by atoms with E-state index in [2.05, 4.69) is 9.89 Å². The van der Waals surface area contributed by atoms with E-state index >= 15 is 0 Å². The van der Waals surface area contributed by atoms with Gasteiger partial charge in [-0.25, -0.2) is 0 Å². The first-order valence-electron chi connectivity index (χ1n) is 10.0. The van der Waals surface area contributed by atoms with E-state index in [0.717, 1.165) is 44.0 Å². The molecule has 0 spiro atoms. The number of benzene rings is 1. The van der Waals surface area contributed by atoms with Gasteiger partial charge in [0.1, 0.15) is 11.5 Å². The summed E-state index contributed by atoms with van der Waals surface area (Å²) in [6, 6.07) is 7.62. The fourth-order valence-electron chi connectivity index (χ4n) is 3.81. The monoisotopic (exact) mass is 399 g/mol. The zero-order valence-electron chi connectivity index (χ0n) is 17.1. The maximum absolute atomic E-state index is 12.5. The van der Waals surface area contributed by atoms with Gasteiger partial charge in [-0.3, -0.25) is 19.5 Å². The van der Waals surface area contributed by atoms with E-state index in [0.29, 0.717) is 25.0 Å². The fourth-order valence-corrected chi connectivity index (χ4v) is 3.81. The van der Waals surface area contributed by atoms with E-state index in [-0.39, 0.29) is 23.4 Å². The maximum atomic E-state index is 12.5. The van der Waals surface area contributed by atoms with Crippen LogP contribution in [0.2, 0.25) is 0 Å². The van der Waals surface area contributed by atoms with Crippen LogP contribution in [0.15, 0.2) is 40.6 Å². The Morgan fingerprint density at radius 3 is 2.48 bits per heavy atom. The highest BCUT2D eigenvalue weighted by Crippen LogP contribution is 2.33. The van der Waals surface area contributed by atoms with Crippen molar-refractivity contribution in [3.8, 4) is 5.75 Å². The highest BCUT2D eigenvalue weighted by atomic mass is 16.5. The quantitative estimate of drug-likeness (QED) is 0.742. The van der Waals surface area contributed by atoms with E-state index in [1.807, 2.05) is 29.2 Å². The number of aliphatic hydroxyl groups is 1. The Morgan fingerprint density at radius 2 is 1.90 bits per heavy atom. The SMILES string of the molecule is COc1ccc(C2CC(=O)C(C=NCCN3CCN(C(C)=O)CC3)=C(O)C2)cc1. The third-order valence-electron chi connectivity index (χ3n) is 5.65. The van der Waals surface area contributed by atoms with Crippen LogP contribution in [-0.4, -0.2) is 79.2 Å². The average Bonchev–Trinajstić information content (AvgIpc) is 2.73. The lowest BCUT2D eigenvalue weighted by Crippen LogP contribution is -2.48. The first-order chi connectivity index (χ1) is 14.0. The summed E-state index contributed by atoms with van der Waals surface area (Å²) in [5.41, 5.74) is 1.35. The van der Waals surface area contributed by atoms with E-state index in [4.69, 9.17) is 4.74 Å². The predicted octanol–water partition coefficient (Wildman–Crippen LogP) is 2.19. The Kier molecular flexibility index (Phi) is 7.04. The molecule has 1 aliphatic carbocycles. The van der Waals surface area contributed by atoms with Crippen molar-refractivity contribution >= 4 is 17.9 Å². The summed E-state index contributed by atoms with van der Waals surface area (Å²) in [6.45, 7) is 6.11. The van der Waals surface area contributed by atoms with Crippen molar-refractivity contribution < 1.29 is 19.4 Å². The van der Waals surface area contributed by atoms with Gasteiger partial charge in [0.15, 0.2) is 5.78 Å². The predicted molar refractivity (Wildman–Crippen MR) is 112 cm³/mol. The molecule has 0 radical (unpaired) electrons. The summed E-state index contributed by atoms with van der Waals surface area (Å²) < 4.78 is 5.17. The van der Waals surface area contributed by atoms with Crippen molar-refractivity contribution in [2.24, 2.45) is 4.99 Å². The minimum absolute atomic E-state index is 0.0249. The van der Waals surface area contributed by atoms with E-state index in [1.165, 1.54) is 6.21 Å². The van der Waals surface area contributed by atoms with Crippen molar-refractivity contribution in [3.63, 3.8) is 0 Å². The third kappa shape index (κ3) is 5.44. The van der Waals surface area contributed by atoms with Gasteiger partial charge in [-0.1, -0.05) is 12.1 Å². The van der Waals surface area contributed by atoms with Crippen LogP contribution in [0.1, 0.15) is 31.2 Å². The van der Waals surface area contributed by atoms with Crippen molar-refractivity contribution in [2.45, 2.75) is 25.7 Å². The molecule has 1 unspecified atom stereocenters. The molecule has 7 heteroatoms. The molecule has 0 bridgehead atoms. The number of hydrogen-bond donors (Lipinski definition) is 1. The van der Waals surface area contributed by atoms with Crippen LogP contribution in [0.3, 0.4) is 0 Å². The molecule has 1 N–H and O–H groups in total. The Balaban J connectivity index is 1.51. The highest BCUT2D eigenvalue weighted by molar-refractivity contribution is 6.14. The molecule has 156 valence electrons. The molecule has 29 heavy (non-hydrogen) atoms. The number of ketones is 1. The Hall–Kier alpha value is -2.67. The zero-order chi connectivity index (χ0) is 20.8. The molecule has 1 heterocycles. The van der Waals surface area contributed by atoms with Gasteiger partial charge in [0.05, 0.1) is 19.2 Å². The number of aliphatic hydroxyl groups excluding tert-OH is 1. The number of amides is 1. The van der Waals surface area contributed by atoms with Crippen molar-refractivity contribution in [1.29, 1.82) is 0 Å². The topological polar surface area (TPSA) is 82.4 Å². The molecule has 1 fully saturated rings. The number of ether oxygens (including phenoxy) is 1. The molecule has 1 aromatic carbocycles. The van der Waals surface area contributed by atoms with Crippen LogP contribution in [0.4, 0.5) is 0 Å². The first-order valence-corrected chi connectivity index (χ1v) is 10.0. The minimum Gasteiger partial charge on any atom is -0.511 e. The fraction of sp³-hybridized carbons (Fsp3) is 0.500. The second-order valence-electron chi connectivity index (χ2n) is 7.54. The Morgan fingerprint density at radius 1 is 1.21 bits per heavy atom. The molecule has 1 aromatic rings. The zero-order valence-corrected chi connectivity index (χ0v) is 17.1. The van der Waals surface area contributed by atoms with Crippen LogP contribution in [0.25, 0.3) is 0 Å². The largest absolute Gasteiger partial charge is 0.511 e. The number of Topliss-reactive ketones (excluding diaryl/α,β-unsaturated/α-hetero) is 1. The average molecular weight is 399 g/mol. The standard InChI is InChI=1S/C22H29N3O4/c1-16(26)25-11-9-24(10-12-25)8-7-23-15-20-21(27)13-18(14-22(20)28)17-3-5-19(29-2)6-4-17/h3-6,15,18,27H,7-14H2,1-2H3. The number of piperazine rings is 1. The molecule has 7 nitrogen and oxygen atoms in total. The molecule has 3 rings (SSSR count). The summed E-state index contributed by atoms with van der Waals surface area (Å²) in [5.74, 6) is 0.900. The first kappa shape index (κ1) is 21.0. The summed E-state index contributed by atoms with van der Waals surface area (Å²) in [6.07, 6.45) is 2.32. The highest BCUT2D eigenvalue weighted by Gasteiger charge is 2.27. The number of rotatable bonds is 6. The second kappa shape index (κ2) is 9.69. The molecular weight excluding hydrogens is 370 g/mol. The summed E-state index contributed by atoms with van der Waals surface area (Å²) >= 11 is 0. The third-order valence-corrected chi connectivity index (χ3v) is 5.65. The van der Waals surface area contributed by atoms with Crippen molar-refractivity contribution in [3.05, 3.63) is 41.2 Å². The van der Waals surface area contributed by atoms with Crippen LogP contribution in [-0.2, 0) is 9.59 Å². The lowest BCUT2D eigenvalue weighted by Gasteiger charge is -2.33. The van der Waals surface area contributed by atoms with Crippen molar-refractivity contribution in [1.82, 2.24) is 9.80 Å². The Labute approximate surface area is 171 Å². The number of allylic oxidation sites excluding steroid dienone is 2. The van der Waals surface area contributed by atoms with Crippen molar-refractivity contribution in [2.75, 3.05) is 46.4 Å². The number of methoxy groups -OCH3 is 1. The lowest BCUT2D eigenvalue weighted by atomic mass is 9.83. The number of carbonyl (C=O) groups is 2. The minimum atomic E-state index is -0.0756. The van der Waals surface area contributed by atoms with Crippen LogP contribution in [0, 0.1) is 0 Å². The van der Waals surface area contributed by atoms with Gasteiger partial charge in [-0.05, 0) is 23.6 Å². The molecule has 1 saturated heterocycles. The second-order valence-corrected chi connectivity index (χ2v) is 7.54. The van der Waals surface area contributed by atoms with Gasteiger partial charge < -0.3 is 14.7 Å². The van der Waals surface area contributed by atoms with E-state index in [9.17, 15) is 14.7 Å². The van der Waals surface area contributed by atoms with Gasteiger partial charge in [-0.2, -0.15) is 0 Å². The molecule has 1 amide bonds. The summed E-state index contributed by atoms with van der Waals surface area (Å²) in [7, 11) is 1.62. The summed E-state index contributed by atoms with van der Waals surface area (Å²) in [4.78, 5) is 32.4. The van der Waals surface area contributed by atoms with Crippen LogP contribution < -0.4 is 4.74 Å². The van der Waals surface area contributed by atoms with Crippen LogP contribution in [0.5, 0.6) is 5.75 Å². The van der Waals surface area contributed by atoms with Gasteiger partial charge in [0, 0.05) is 58.7 Å². The van der Waals surface area contributed by atoms with E-state index in [1.54, 1.807) is 14.0 Å². The maximum Gasteiger partial charge on any atom is 0.219 e. The number of hydrogen-bond acceptors (Lipinski definition) is 6. The normalized spacial score (nSPS) is 21.1. The Bertz CT molecular complexity index is 793. The molecule has 2 aliphatic rings. The van der Waals surface area contributed by atoms with Gasteiger partial charge in [0.25, 0.3) is 0 Å². The summed E-state index contributed by atoms with van der Waals surface area (Å²) in [5, 5.41) is 10.4. The molecular formula is C22H29N3O4. The van der Waals surface area contributed by atoms with Crippen LogP contribution >= 0.6 is 0 Å². The number of carbonyl (C=O) groups excluding carboxylic acids is 2. The molecule has 0 aromatic heterocycles. The number of nitrogens with zero attached hydrogens (tertiary/aromatic N) is 3. The van der Waals surface area contributed by atoms with Gasteiger partial charge in [0.2, 0.25) is 5.91 Å². The molecule has 1 atom stereocenters. The smallest absolute Gasteiger partial charge is 0.219 e. The van der Waals surface area contributed by atoms with E-state index < -0.39 is 0 Å².